The standard InChI is InChI=1S/C76H50O5/c77-73(65-19-7-1-13-57(65)58-14-2-8-20-66(58)73)51-31-25-47(26-32-51)48-27-33-52(34-28-48)75(79)70-24-12-6-18-62(70)64-45-49(30-44-71(64)75)50-29-43-63-61-17-5-11-23-69(61)76(80,72(63)46-50)54-37-41-56(42-38-54)81-55-39-35-53(36-40-55)74(78)67-21-9-3-15-59(67)60-16-4-10-22-68(60)74/h1-46,77-80H. The molecule has 0 saturated heterocycles. The summed E-state index contributed by atoms with van der Waals surface area (Å²) in [4.78, 5) is 0. The van der Waals surface area contributed by atoms with Gasteiger partial charge in [0.05, 0.1) is 0 Å². The molecule has 0 aliphatic heterocycles. The van der Waals surface area contributed by atoms with Gasteiger partial charge >= 0.3 is 0 Å². The van der Waals surface area contributed by atoms with E-state index in [4.69, 9.17) is 4.74 Å². The van der Waals surface area contributed by atoms with Crippen LogP contribution in [0.25, 0.3) is 66.8 Å². The number of aliphatic hydroxyl groups is 4. The minimum atomic E-state index is -1.46. The maximum atomic E-state index is 13.2. The Labute approximate surface area is 469 Å². The average Bonchev–Trinajstić information content (AvgIpc) is 4.30. The summed E-state index contributed by atoms with van der Waals surface area (Å²) in [6, 6.07) is 92.7. The Hall–Kier alpha value is -9.72. The predicted octanol–water partition coefficient (Wildman–Crippen LogP) is 15.9. The third-order valence-corrected chi connectivity index (χ3v) is 17.9. The molecule has 12 aromatic carbocycles. The molecule has 5 nitrogen and oxygen atoms in total. The molecular weight excluding hydrogens is 993 g/mol. The van der Waals surface area contributed by atoms with Crippen LogP contribution in [0.4, 0.5) is 0 Å². The number of fused-ring (bicyclic) bond motifs is 12. The van der Waals surface area contributed by atoms with E-state index >= 15 is 0 Å². The summed E-state index contributed by atoms with van der Waals surface area (Å²) in [5, 5.41) is 51.1. The molecule has 0 bridgehead atoms. The van der Waals surface area contributed by atoms with Gasteiger partial charge in [-0.05, 0) is 125 Å². The van der Waals surface area contributed by atoms with Gasteiger partial charge < -0.3 is 25.2 Å². The highest BCUT2D eigenvalue weighted by molar-refractivity contribution is 5.89. The third-order valence-electron chi connectivity index (χ3n) is 17.9. The van der Waals surface area contributed by atoms with Gasteiger partial charge in [0.25, 0.3) is 0 Å². The lowest BCUT2D eigenvalue weighted by atomic mass is 9.82. The monoisotopic (exact) mass is 1040 g/mol. The van der Waals surface area contributed by atoms with E-state index in [0.717, 1.165) is 128 Å². The normalized spacial score (nSPS) is 17.7. The molecule has 2 unspecified atom stereocenters. The van der Waals surface area contributed by atoms with E-state index < -0.39 is 22.4 Å². The molecule has 2 atom stereocenters. The van der Waals surface area contributed by atoms with Crippen molar-refractivity contribution in [2.75, 3.05) is 0 Å². The highest BCUT2D eigenvalue weighted by Crippen LogP contribution is 2.56. The van der Waals surface area contributed by atoms with Crippen molar-refractivity contribution in [3.63, 3.8) is 0 Å². The van der Waals surface area contributed by atoms with Crippen molar-refractivity contribution < 1.29 is 25.2 Å². The van der Waals surface area contributed by atoms with E-state index in [-0.39, 0.29) is 0 Å². The summed E-state index contributed by atoms with van der Waals surface area (Å²) >= 11 is 0. The van der Waals surface area contributed by atoms with Gasteiger partial charge in [-0.15, -0.1) is 0 Å². The molecule has 384 valence electrons. The van der Waals surface area contributed by atoms with Crippen LogP contribution in [0.1, 0.15) is 66.8 Å². The molecule has 4 aliphatic rings. The molecule has 81 heavy (non-hydrogen) atoms. The first-order valence-electron chi connectivity index (χ1n) is 27.5. The second-order valence-corrected chi connectivity index (χ2v) is 21.9. The first-order valence-corrected chi connectivity index (χ1v) is 27.5. The average molecular weight is 1040 g/mol. The Morgan fingerprint density at radius 1 is 0.198 bits per heavy atom. The molecule has 12 aromatic rings. The summed E-state index contributed by atoms with van der Waals surface area (Å²) in [6.45, 7) is 0. The number of benzene rings is 12. The van der Waals surface area contributed by atoms with Crippen molar-refractivity contribution in [2.24, 2.45) is 0 Å². The molecule has 0 heterocycles. The van der Waals surface area contributed by atoms with E-state index in [2.05, 4.69) is 97.1 Å². The maximum absolute atomic E-state index is 13.2. The Morgan fingerprint density at radius 3 is 0.802 bits per heavy atom. The molecule has 0 fully saturated rings. The molecule has 5 heteroatoms. The summed E-state index contributed by atoms with van der Waals surface area (Å²) in [5.41, 5.74) is 16.3. The van der Waals surface area contributed by atoms with Gasteiger partial charge in [-0.2, -0.15) is 0 Å². The van der Waals surface area contributed by atoms with E-state index in [1.54, 1.807) is 0 Å². The minimum Gasteiger partial charge on any atom is -0.457 e. The summed E-state index contributed by atoms with van der Waals surface area (Å²) in [5.74, 6) is 1.24. The smallest absolute Gasteiger partial charge is 0.141 e. The van der Waals surface area contributed by atoms with Crippen LogP contribution in [0.5, 0.6) is 11.5 Å². The van der Waals surface area contributed by atoms with Crippen LogP contribution in [-0.4, -0.2) is 20.4 Å². The van der Waals surface area contributed by atoms with E-state index in [1.807, 2.05) is 182 Å². The van der Waals surface area contributed by atoms with Crippen molar-refractivity contribution >= 4 is 0 Å². The fraction of sp³-hybridized carbons (Fsp3) is 0.0526. The van der Waals surface area contributed by atoms with E-state index in [0.29, 0.717) is 17.1 Å². The number of ether oxygens (including phenoxy) is 1. The summed E-state index contributed by atoms with van der Waals surface area (Å²) in [6.07, 6.45) is 0. The third kappa shape index (κ3) is 6.63. The van der Waals surface area contributed by atoms with Crippen molar-refractivity contribution in [3.05, 3.63) is 346 Å². The molecule has 0 spiro atoms. The van der Waals surface area contributed by atoms with Crippen molar-refractivity contribution in [1.82, 2.24) is 0 Å². The van der Waals surface area contributed by atoms with Gasteiger partial charge in [0.15, 0.2) is 0 Å². The van der Waals surface area contributed by atoms with Crippen LogP contribution in [0, 0.1) is 0 Å². The quantitative estimate of drug-likeness (QED) is 0.122. The molecule has 0 amide bonds. The van der Waals surface area contributed by atoms with E-state index in [1.165, 1.54) is 0 Å². The van der Waals surface area contributed by atoms with Crippen LogP contribution >= 0.6 is 0 Å². The molecule has 0 saturated carbocycles. The zero-order chi connectivity index (χ0) is 54.2. The van der Waals surface area contributed by atoms with Gasteiger partial charge in [-0.25, -0.2) is 0 Å². The molecule has 0 aromatic heterocycles. The first kappa shape index (κ1) is 47.3. The van der Waals surface area contributed by atoms with Crippen LogP contribution in [-0.2, 0) is 22.4 Å². The lowest BCUT2D eigenvalue weighted by Gasteiger charge is -2.28. The second-order valence-electron chi connectivity index (χ2n) is 21.9. The minimum absolute atomic E-state index is 0.615. The Kier molecular flexibility index (Phi) is 10.2. The van der Waals surface area contributed by atoms with Gasteiger partial charge in [0, 0.05) is 44.5 Å². The zero-order valence-electron chi connectivity index (χ0n) is 43.8. The first-order chi connectivity index (χ1) is 39.6. The fourth-order valence-electron chi connectivity index (χ4n) is 14.0. The van der Waals surface area contributed by atoms with Gasteiger partial charge in [0.2, 0.25) is 0 Å². The number of rotatable bonds is 8. The highest BCUT2D eigenvalue weighted by Gasteiger charge is 2.47. The zero-order valence-corrected chi connectivity index (χ0v) is 43.8. The van der Waals surface area contributed by atoms with Gasteiger partial charge in [-0.3, -0.25) is 0 Å². The van der Waals surface area contributed by atoms with Crippen LogP contribution in [0.3, 0.4) is 0 Å². The largest absolute Gasteiger partial charge is 0.457 e. The van der Waals surface area contributed by atoms with Crippen molar-refractivity contribution in [2.45, 2.75) is 22.4 Å². The Balaban J connectivity index is 0.685. The maximum Gasteiger partial charge on any atom is 0.141 e. The SMILES string of the molecule is OC1(c2ccc(Oc3ccc(C4(O)c5ccccc5-c5ccc(-c6ccc7c(c6)-c6ccccc6C7(O)c6ccc(-c7ccc(C8(O)c9ccccc9-c9ccccc98)cc7)cc6)cc54)cc3)cc2)c2ccccc2-c2ccccc21. The molecule has 0 radical (unpaired) electrons. The Bertz CT molecular complexity index is 4450. The molecule has 4 N–H and O–H groups in total. The van der Waals surface area contributed by atoms with Crippen LogP contribution in [0.2, 0.25) is 0 Å². The molecule has 4 aliphatic carbocycles. The highest BCUT2D eigenvalue weighted by atomic mass is 16.5. The Morgan fingerprint density at radius 2 is 0.444 bits per heavy atom. The number of hydrogen-bond acceptors (Lipinski definition) is 5. The molecular formula is C76H50O5. The summed E-state index contributed by atoms with van der Waals surface area (Å²) < 4.78 is 6.41. The topological polar surface area (TPSA) is 90.2 Å². The van der Waals surface area contributed by atoms with Crippen molar-refractivity contribution in [3.8, 4) is 78.3 Å². The molecule has 16 rings (SSSR count). The van der Waals surface area contributed by atoms with Crippen molar-refractivity contribution in [1.29, 1.82) is 0 Å². The fourth-order valence-corrected chi connectivity index (χ4v) is 14.0. The van der Waals surface area contributed by atoms with Crippen LogP contribution in [0.15, 0.2) is 279 Å². The summed E-state index contributed by atoms with van der Waals surface area (Å²) in [7, 11) is 0. The van der Waals surface area contributed by atoms with Gasteiger partial charge in [-0.1, -0.05) is 243 Å². The van der Waals surface area contributed by atoms with Crippen LogP contribution < -0.4 is 4.74 Å². The number of hydrogen-bond donors (Lipinski definition) is 4. The lowest BCUT2D eigenvalue weighted by molar-refractivity contribution is 0.130. The van der Waals surface area contributed by atoms with E-state index in [9.17, 15) is 20.4 Å². The second kappa shape index (κ2) is 17.4. The van der Waals surface area contributed by atoms with Gasteiger partial charge in [0.1, 0.15) is 33.9 Å². The predicted molar refractivity (Wildman–Crippen MR) is 320 cm³/mol. The lowest BCUT2D eigenvalue weighted by Crippen LogP contribution is -2.26.